The number of sulfonamides is 2. The minimum absolute atomic E-state index is 0.0235. The van der Waals surface area contributed by atoms with Crippen LogP contribution in [0.15, 0.2) is 71.0 Å². The Morgan fingerprint density at radius 3 is 1.41 bits per heavy atom. The first-order valence-electron chi connectivity index (χ1n) is 24.9. The largest absolute Gasteiger partial charge is 0.351 e. The quantitative estimate of drug-likeness (QED) is 0.0453. The van der Waals surface area contributed by atoms with Gasteiger partial charge < -0.3 is 41.9 Å². The molecule has 378 valence electrons. The molecule has 4 aromatic heterocycles. The molecular weight excluding hydrogens is 929 g/mol. The average molecular weight is 999 g/mol. The highest BCUT2D eigenvalue weighted by atomic mass is 32.2. The molecular formula is C48H70N16O4S2. The monoisotopic (exact) mass is 999 g/mol. The maximum atomic E-state index is 12.9. The van der Waals surface area contributed by atoms with Crippen LogP contribution in [-0.2, 0) is 33.1 Å². The van der Waals surface area contributed by atoms with Crippen molar-refractivity contribution < 1.29 is 16.8 Å². The molecule has 22 heteroatoms. The second-order valence-electron chi connectivity index (χ2n) is 19.2. The fraction of sp³-hybridized carbons (Fsp3) is 0.542. The van der Waals surface area contributed by atoms with Crippen LogP contribution >= 0.6 is 0 Å². The summed E-state index contributed by atoms with van der Waals surface area (Å²) in [5, 5.41) is 13.6. The number of benzene rings is 2. The van der Waals surface area contributed by atoms with E-state index in [1.807, 2.05) is 36.8 Å². The summed E-state index contributed by atoms with van der Waals surface area (Å²) < 4.78 is 60.1. The summed E-state index contributed by atoms with van der Waals surface area (Å²) in [6, 6.07) is 14.5. The van der Waals surface area contributed by atoms with E-state index in [9.17, 15) is 16.8 Å². The molecule has 0 saturated heterocycles. The van der Waals surface area contributed by atoms with Gasteiger partial charge in [-0.2, -0.15) is 19.9 Å². The first-order valence-corrected chi connectivity index (χ1v) is 27.9. The van der Waals surface area contributed by atoms with Crippen molar-refractivity contribution in [2.24, 2.45) is 17.4 Å². The van der Waals surface area contributed by atoms with Gasteiger partial charge in [-0.15, -0.1) is 0 Å². The van der Waals surface area contributed by atoms with Gasteiger partial charge in [-0.25, -0.2) is 36.2 Å². The van der Waals surface area contributed by atoms with Crippen LogP contribution in [0.1, 0.15) is 111 Å². The summed E-state index contributed by atoms with van der Waals surface area (Å²) in [5.74, 6) is 2.48. The third-order valence-electron chi connectivity index (χ3n) is 13.3. The predicted molar refractivity (Wildman–Crippen MR) is 276 cm³/mol. The Kier molecular flexibility index (Phi) is 16.5. The van der Waals surface area contributed by atoms with Crippen LogP contribution in [0.2, 0.25) is 0 Å². The molecule has 2 aromatic carbocycles. The molecule has 9 rings (SSSR count). The predicted octanol–water partition coefficient (Wildman–Crippen LogP) is 7.09. The molecule has 0 radical (unpaired) electrons. The summed E-state index contributed by atoms with van der Waals surface area (Å²) >= 11 is 0. The van der Waals surface area contributed by atoms with E-state index in [1.165, 1.54) is 6.42 Å². The van der Waals surface area contributed by atoms with Gasteiger partial charge in [0.15, 0.2) is 34.0 Å². The lowest BCUT2D eigenvalue weighted by Gasteiger charge is -2.26. The molecule has 3 aliphatic carbocycles. The van der Waals surface area contributed by atoms with Gasteiger partial charge in [0.2, 0.25) is 31.9 Å². The molecule has 3 saturated carbocycles. The van der Waals surface area contributed by atoms with Crippen LogP contribution in [0, 0.1) is 5.92 Å². The minimum atomic E-state index is -3.55. The zero-order chi connectivity index (χ0) is 49.4. The zero-order valence-corrected chi connectivity index (χ0v) is 42.4. The second-order valence-corrected chi connectivity index (χ2v) is 22.7. The van der Waals surface area contributed by atoms with Crippen molar-refractivity contribution >= 4 is 77.3 Å². The molecule has 0 unspecified atom stereocenters. The number of imidazole rings is 2. The van der Waals surface area contributed by atoms with Gasteiger partial charge in [0.1, 0.15) is 0 Å². The Bertz CT molecular complexity index is 2890. The van der Waals surface area contributed by atoms with Gasteiger partial charge in [-0.3, -0.25) is 0 Å². The standard InChI is InChI=1S/C25H36N8O2S.C23H34N8O2S/c1-2-33-16-27-22-23(30-25(31-24(22)33)29-19-10-8-17(26)9-11-19)28-18-12-14-21(15-13-18)36(34,35)32-20-6-4-3-5-7-20;1-4-31-14-25-20-21(29-23(30-22(20)31)28-18-7-5-16(24)6-8-18)27-17-9-11-19(12-10-17)34(32,33)26-13-15(2)3/h12-17,19-20,32H,2-11,26H2,1H3,(H2,28,29,30,31);9-12,14-16,18,26H,4-8,13,24H2,1-3H3,(H2,27,28,29,30). The number of aryl methyl sites for hydroxylation is 2. The number of aromatic nitrogens is 8. The van der Waals surface area contributed by atoms with Crippen molar-refractivity contribution in [3.05, 3.63) is 61.2 Å². The van der Waals surface area contributed by atoms with Crippen LogP contribution in [0.25, 0.3) is 22.3 Å². The van der Waals surface area contributed by atoms with E-state index in [0.29, 0.717) is 46.8 Å². The number of hydrogen-bond donors (Lipinski definition) is 8. The molecule has 0 amide bonds. The number of nitrogens with two attached hydrogens (primary N) is 2. The molecule has 0 aliphatic heterocycles. The Balaban J connectivity index is 0.000000189. The van der Waals surface area contributed by atoms with Gasteiger partial charge in [0.25, 0.3) is 0 Å². The van der Waals surface area contributed by atoms with E-state index >= 15 is 0 Å². The lowest BCUT2D eigenvalue weighted by molar-refractivity contribution is 0.410. The molecule has 6 aromatic rings. The molecule has 4 heterocycles. The third-order valence-corrected chi connectivity index (χ3v) is 16.3. The number of nitrogens with one attached hydrogen (secondary N) is 6. The molecule has 0 spiro atoms. The third kappa shape index (κ3) is 12.9. The lowest BCUT2D eigenvalue weighted by Crippen LogP contribution is -2.36. The van der Waals surface area contributed by atoms with Crippen LogP contribution in [0.5, 0.6) is 0 Å². The van der Waals surface area contributed by atoms with E-state index in [0.717, 1.165) is 107 Å². The SMILES string of the molecule is CCn1cnc2c(Nc3ccc(S(=O)(=O)NC4CCCCC4)cc3)nc(NC3CCC(N)CC3)nc21.CCn1cnc2c(Nc3ccc(S(=O)(=O)NCC(C)C)cc3)nc(NC3CCC(N)CC3)nc21. The van der Waals surface area contributed by atoms with Crippen molar-refractivity contribution in [3.8, 4) is 0 Å². The lowest BCUT2D eigenvalue weighted by atomic mass is 9.92. The Morgan fingerprint density at radius 2 is 1.00 bits per heavy atom. The highest BCUT2D eigenvalue weighted by Crippen LogP contribution is 2.30. The van der Waals surface area contributed by atoms with Crippen molar-refractivity contribution in [2.75, 3.05) is 27.8 Å². The van der Waals surface area contributed by atoms with Gasteiger partial charge in [-0.05, 0) is 133 Å². The average Bonchev–Trinajstić information content (AvgIpc) is 3.97. The number of rotatable bonds is 17. The topological polar surface area (TPSA) is 280 Å². The van der Waals surface area contributed by atoms with Gasteiger partial charge in [0.05, 0.1) is 22.4 Å². The molecule has 70 heavy (non-hydrogen) atoms. The highest BCUT2D eigenvalue weighted by Gasteiger charge is 2.25. The molecule has 0 bridgehead atoms. The summed E-state index contributed by atoms with van der Waals surface area (Å²) in [5.41, 5.74) is 16.4. The maximum absolute atomic E-state index is 12.9. The fourth-order valence-electron chi connectivity index (χ4n) is 9.12. The van der Waals surface area contributed by atoms with Crippen molar-refractivity contribution in [2.45, 2.75) is 164 Å². The number of nitrogens with zero attached hydrogens (tertiary/aromatic N) is 8. The van der Waals surface area contributed by atoms with E-state index in [-0.39, 0.29) is 45.9 Å². The fourth-order valence-corrected chi connectivity index (χ4v) is 11.6. The van der Waals surface area contributed by atoms with Crippen LogP contribution in [0.3, 0.4) is 0 Å². The summed E-state index contributed by atoms with van der Waals surface area (Å²) in [7, 11) is -7.09. The van der Waals surface area contributed by atoms with E-state index < -0.39 is 20.0 Å². The van der Waals surface area contributed by atoms with Crippen molar-refractivity contribution in [3.63, 3.8) is 0 Å². The maximum Gasteiger partial charge on any atom is 0.240 e. The summed E-state index contributed by atoms with van der Waals surface area (Å²) in [6.07, 6.45) is 16.5. The van der Waals surface area contributed by atoms with Gasteiger partial charge in [-0.1, -0.05) is 33.1 Å². The minimum Gasteiger partial charge on any atom is -0.351 e. The van der Waals surface area contributed by atoms with Crippen LogP contribution in [0.4, 0.5) is 34.9 Å². The van der Waals surface area contributed by atoms with Gasteiger partial charge in [0, 0.05) is 61.2 Å². The first kappa shape index (κ1) is 50.9. The smallest absolute Gasteiger partial charge is 0.240 e. The van der Waals surface area contributed by atoms with Crippen molar-refractivity contribution in [1.29, 1.82) is 0 Å². The molecule has 10 N–H and O–H groups in total. The Hall–Kier alpha value is -5.52. The van der Waals surface area contributed by atoms with E-state index in [4.69, 9.17) is 31.4 Å². The Morgan fingerprint density at radius 1 is 0.571 bits per heavy atom. The van der Waals surface area contributed by atoms with Crippen molar-refractivity contribution in [1.82, 2.24) is 48.5 Å². The van der Waals surface area contributed by atoms with Crippen LogP contribution in [-0.4, -0.2) is 92.6 Å². The second kappa shape index (κ2) is 22.7. The van der Waals surface area contributed by atoms with Crippen LogP contribution < -0.4 is 42.2 Å². The molecule has 0 atom stereocenters. The van der Waals surface area contributed by atoms with E-state index in [2.05, 4.69) is 40.7 Å². The summed E-state index contributed by atoms with van der Waals surface area (Å²) in [6.45, 7) is 9.88. The number of fused-ring (bicyclic) bond motifs is 2. The molecule has 3 aliphatic rings. The highest BCUT2D eigenvalue weighted by molar-refractivity contribution is 7.89. The molecule has 20 nitrogen and oxygen atoms in total. The number of anilines is 6. The molecule has 3 fully saturated rings. The van der Waals surface area contributed by atoms with Gasteiger partial charge >= 0.3 is 0 Å². The number of hydrogen-bond acceptors (Lipinski definition) is 16. The Labute approximate surface area is 411 Å². The zero-order valence-electron chi connectivity index (χ0n) is 40.7. The van der Waals surface area contributed by atoms with E-state index in [1.54, 1.807) is 61.2 Å². The first-order chi connectivity index (χ1) is 33.7. The normalized spacial score (nSPS) is 20.3. The summed E-state index contributed by atoms with van der Waals surface area (Å²) in [4.78, 5) is 28.4.